The lowest BCUT2D eigenvalue weighted by Crippen LogP contribution is -2.15. The van der Waals surface area contributed by atoms with Crippen LogP contribution in [0.1, 0.15) is 30.9 Å². The molecule has 4 heteroatoms. The lowest BCUT2D eigenvalue weighted by molar-refractivity contribution is -0.0140. The van der Waals surface area contributed by atoms with Gasteiger partial charge in [-0.15, -0.1) is 0 Å². The first-order valence-electron chi connectivity index (χ1n) is 5.47. The van der Waals surface area contributed by atoms with Crippen molar-refractivity contribution in [2.45, 2.75) is 32.1 Å². The normalized spacial score (nSPS) is 11.0. The molecule has 0 bridgehead atoms. The van der Waals surface area contributed by atoms with Crippen LogP contribution in [0, 0.1) is 11.3 Å². The molecule has 0 aromatic heterocycles. The average Bonchev–Trinajstić information content (AvgIpc) is 2.35. The van der Waals surface area contributed by atoms with Crippen LogP contribution in [0.25, 0.3) is 0 Å². The Kier molecular flexibility index (Phi) is 4.45. The Balaban J connectivity index is 3.13. The monoisotopic (exact) mass is 239 g/mol. The molecular weight excluding hydrogens is 224 g/mol. The summed E-state index contributed by atoms with van der Waals surface area (Å²) in [4.78, 5) is 0. The first kappa shape index (κ1) is 13.4. The molecule has 0 aliphatic carbocycles. The zero-order valence-corrected chi connectivity index (χ0v) is 9.96. The maximum atomic E-state index is 13.9. The molecule has 0 spiro atoms. The predicted octanol–water partition coefficient (Wildman–Crippen LogP) is 3.65. The molecular formula is C13H15F2NO. The van der Waals surface area contributed by atoms with Crippen molar-refractivity contribution < 1.29 is 13.5 Å². The van der Waals surface area contributed by atoms with Gasteiger partial charge in [0.25, 0.3) is 5.92 Å². The number of aryl methyl sites for hydroxylation is 1. The van der Waals surface area contributed by atoms with E-state index in [0.717, 1.165) is 5.56 Å². The molecule has 17 heavy (non-hydrogen) atoms. The zero-order chi connectivity index (χ0) is 12.9. The topological polar surface area (TPSA) is 33.0 Å². The number of nitriles is 1. The molecule has 0 aliphatic rings. The number of methoxy groups -OCH3 is 1. The number of halogens is 2. The minimum absolute atomic E-state index is 0.130. The molecule has 0 saturated heterocycles. The molecule has 0 atom stereocenters. The summed E-state index contributed by atoms with van der Waals surface area (Å²) < 4.78 is 32.7. The summed E-state index contributed by atoms with van der Waals surface area (Å²) in [6.45, 7) is 1.90. The fraction of sp³-hybridized carbons (Fsp3) is 0.462. The maximum absolute atomic E-state index is 13.9. The number of rotatable bonds is 5. The van der Waals surface area contributed by atoms with Crippen LogP contribution in [-0.4, -0.2) is 7.11 Å². The smallest absolute Gasteiger partial charge is 0.277 e. The van der Waals surface area contributed by atoms with Gasteiger partial charge in [0.05, 0.1) is 18.7 Å². The van der Waals surface area contributed by atoms with Crippen LogP contribution in [0.2, 0.25) is 0 Å². The van der Waals surface area contributed by atoms with E-state index in [1.54, 1.807) is 18.2 Å². The van der Waals surface area contributed by atoms with Crippen molar-refractivity contribution in [3.8, 4) is 11.8 Å². The van der Waals surface area contributed by atoms with Crippen molar-refractivity contribution in [2.75, 3.05) is 7.11 Å². The summed E-state index contributed by atoms with van der Waals surface area (Å²) in [5, 5.41) is 8.39. The van der Waals surface area contributed by atoms with Gasteiger partial charge in [0, 0.05) is 12.8 Å². The first-order valence-corrected chi connectivity index (χ1v) is 5.47. The van der Waals surface area contributed by atoms with Gasteiger partial charge in [-0.05, 0) is 24.1 Å². The summed E-state index contributed by atoms with van der Waals surface area (Å²) in [5.74, 6) is -2.85. The Bertz CT molecular complexity index is 424. The molecule has 0 unspecified atom stereocenters. The van der Waals surface area contributed by atoms with Crippen molar-refractivity contribution in [2.24, 2.45) is 0 Å². The Morgan fingerprint density at radius 3 is 2.65 bits per heavy atom. The fourth-order valence-electron chi connectivity index (χ4n) is 1.61. The summed E-state index contributed by atoms with van der Waals surface area (Å²) >= 11 is 0. The Morgan fingerprint density at radius 1 is 1.41 bits per heavy atom. The minimum atomic E-state index is -3.02. The zero-order valence-electron chi connectivity index (χ0n) is 9.96. The number of hydrogen-bond acceptors (Lipinski definition) is 2. The largest absolute Gasteiger partial charge is 0.496 e. The molecule has 0 amide bonds. The number of hydrogen-bond donors (Lipinski definition) is 0. The van der Waals surface area contributed by atoms with E-state index in [2.05, 4.69) is 0 Å². The van der Waals surface area contributed by atoms with Crippen LogP contribution in [0.5, 0.6) is 5.75 Å². The van der Waals surface area contributed by atoms with Crippen molar-refractivity contribution >= 4 is 0 Å². The van der Waals surface area contributed by atoms with Gasteiger partial charge in [-0.3, -0.25) is 0 Å². The van der Waals surface area contributed by atoms with Gasteiger partial charge in [0.15, 0.2) is 0 Å². The highest BCUT2D eigenvalue weighted by atomic mass is 19.3. The van der Waals surface area contributed by atoms with E-state index in [4.69, 9.17) is 10.00 Å². The standard InChI is InChI=1S/C13H15F2NO/c1-3-10-5-6-12(17-2)11(9-10)13(14,15)7-4-8-16/h5-6,9H,3-4,7H2,1-2H3. The van der Waals surface area contributed by atoms with Crippen molar-refractivity contribution in [3.05, 3.63) is 29.3 Å². The molecule has 0 saturated carbocycles. The number of ether oxygens (including phenoxy) is 1. The lowest BCUT2D eigenvalue weighted by Gasteiger charge is -2.19. The van der Waals surface area contributed by atoms with Crippen molar-refractivity contribution in [1.29, 1.82) is 5.26 Å². The summed E-state index contributed by atoms with van der Waals surface area (Å²) in [5.41, 5.74) is 0.701. The van der Waals surface area contributed by atoms with E-state index in [1.165, 1.54) is 13.2 Å². The minimum Gasteiger partial charge on any atom is -0.496 e. The summed E-state index contributed by atoms with van der Waals surface area (Å²) in [6.07, 6.45) is 0.0326. The van der Waals surface area contributed by atoms with Gasteiger partial charge < -0.3 is 4.74 Å². The second kappa shape index (κ2) is 5.62. The lowest BCUT2D eigenvalue weighted by atomic mass is 9.99. The average molecular weight is 239 g/mol. The van der Waals surface area contributed by atoms with Gasteiger partial charge >= 0.3 is 0 Å². The fourth-order valence-corrected chi connectivity index (χ4v) is 1.61. The third-order valence-corrected chi connectivity index (χ3v) is 2.62. The SMILES string of the molecule is CCc1ccc(OC)c(C(F)(F)CCC#N)c1. The molecule has 1 aromatic rings. The van der Waals surface area contributed by atoms with Crippen molar-refractivity contribution in [3.63, 3.8) is 0 Å². The first-order chi connectivity index (χ1) is 8.05. The van der Waals surface area contributed by atoms with Crippen LogP contribution in [-0.2, 0) is 12.3 Å². The summed E-state index contributed by atoms with van der Waals surface area (Å²) in [6, 6.07) is 6.51. The Hall–Kier alpha value is -1.63. The molecule has 0 heterocycles. The van der Waals surface area contributed by atoms with Crippen molar-refractivity contribution in [1.82, 2.24) is 0 Å². The molecule has 1 rings (SSSR count). The van der Waals surface area contributed by atoms with Gasteiger partial charge in [-0.1, -0.05) is 13.0 Å². The molecule has 0 aliphatic heterocycles. The van der Waals surface area contributed by atoms with E-state index in [-0.39, 0.29) is 17.7 Å². The quantitative estimate of drug-likeness (QED) is 0.785. The molecule has 2 nitrogen and oxygen atoms in total. The van der Waals surface area contributed by atoms with Crippen LogP contribution < -0.4 is 4.74 Å². The number of benzene rings is 1. The van der Waals surface area contributed by atoms with E-state index in [0.29, 0.717) is 6.42 Å². The van der Waals surface area contributed by atoms with E-state index >= 15 is 0 Å². The van der Waals surface area contributed by atoms with Crippen LogP contribution in [0.15, 0.2) is 18.2 Å². The molecule has 92 valence electrons. The van der Waals surface area contributed by atoms with Gasteiger partial charge in [0.2, 0.25) is 0 Å². The van der Waals surface area contributed by atoms with Gasteiger partial charge in [-0.25, -0.2) is 8.78 Å². The maximum Gasteiger partial charge on any atom is 0.277 e. The van der Waals surface area contributed by atoms with Gasteiger partial charge in [0.1, 0.15) is 5.75 Å². The molecule has 0 N–H and O–H groups in total. The highest BCUT2D eigenvalue weighted by Gasteiger charge is 2.34. The van der Waals surface area contributed by atoms with Crippen LogP contribution in [0.3, 0.4) is 0 Å². The van der Waals surface area contributed by atoms with E-state index in [1.807, 2.05) is 6.92 Å². The third-order valence-electron chi connectivity index (χ3n) is 2.62. The predicted molar refractivity (Wildman–Crippen MR) is 61.1 cm³/mol. The second-order valence-corrected chi connectivity index (χ2v) is 3.75. The Morgan fingerprint density at radius 2 is 2.12 bits per heavy atom. The number of alkyl halides is 2. The van der Waals surface area contributed by atoms with E-state index in [9.17, 15) is 8.78 Å². The summed E-state index contributed by atoms with van der Waals surface area (Å²) in [7, 11) is 1.37. The highest BCUT2D eigenvalue weighted by molar-refractivity contribution is 5.40. The Labute approximate surface area is 99.8 Å². The van der Waals surface area contributed by atoms with E-state index < -0.39 is 12.3 Å². The second-order valence-electron chi connectivity index (χ2n) is 3.75. The van der Waals surface area contributed by atoms with Crippen LogP contribution in [0.4, 0.5) is 8.78 Å². The molecule has 0 radical (unpaired) electrons. The van der Waals surface area contributed by atoms with Gasteiger partial charge in [-0.2, -0.15) is 5.26 Å². The number of nitrogens with zero attached hydrogens (tertiary/aromatic N) is 1. The molecule has 1 aromatic carbocycles. The molecule has 0 fully saturated rings. The van der Waals surface area contributed by atoms with Crippen LogP contribution >= 0.6 is 0 Å². The highest BCUT2D eigenvalue weighted by Crippen LogP contribution is 2.39. The third kappa shape index (κ3) is 3.16.